The largest absolute Gasteiger partial charge is 0.511 e. The molecule has 2 heterocycles. The number of nitrogens with two attached hydrogens (primary N) is 1. The first-order valence-electron chi connectivity index (χ1n) is 9.15. The van der Waals surface area contributed by atoms with Crippen molar-refractivity contribution in [3.8, 4) is 6.07 Å². The minimum atomic E-state index is -5.47. The predicted molar refractivity (Wildman–Crippen MR) is 104 cm³/mol. The molecule has 13 heteroatoms. The number of aromatic nitrogens is 2. The van der Waals surface area contributed by atoms with E-state index in [1.54, 1.807) is 30.3 Å². The predicted octanol–water partition coefficient (Wildman–Crippen LogP) is 2.28. The van der Waals surface area contributed by atoms with Crippen molar-refractivity contribution in [3.05, 3.63) is 42.1 Å². The number of carbonyl (C=O) groups excluding carboxylic acids is 1. The summed E-state index contributed by atoms with van der Waals surface area (Å²) in [6, 6.07) is 10.8. The number of nitrogens with one attached hydrogen (secondary N) is 1. The molecule has 0 spiro atoms. The van der Waals surface area contributed by atoms with Crippen molar-refractivity contribution < 1.29 is 26.4 Å². The van der Waals surface area contributed by atoms with Crippen molar-refractivity contribution in [2.24, 2.45) is 5.73 Å². The normalized spacial score (nSPS) is 17.1. The van der Waals surface area contributed by atoms with Gasteiger partial charge in [0.25, 0.3) is 5.91 Å². The molecule has 0 atom stereocenters. The van der Waals surface area contributed by atoms with Gasteiger partial charge >= 0.3 is 15.5 Å². The molecule has 9 nitrogen and oxygen atoms in total. The molecule has 1 aliphatic rings. The summed E-state index contributed by atoms with van der Waals surface area (Å²) in [4.78, 5) is 11.9. The van der Waals surface area contributed by atoms with E-state index in [0.717, 1.165) is 0 Å². The molecule has 31 heavy (non-hydrogen) atoms. The quantitative estimate of drug-likeness (QED) is 0.685. The van der Waals surface area contributed by atoms with E-state index in [1.807, 2.05) is 6.07 Å². The second-order valence-electron chi connectivity index (χ2n) is 7.10. The van der Waals surface area contributed by atoms with Gasteiger partial charge in [0.15, 0.2) is 5.82 Å². The van der Waals surface area contributed by atoms with E-state index in [4.69, 9.17) is 5.73 Å². The molecule has 1 aromatic carbocycles. The number of rotatable bonds is 6. The van der Waals surface area contributed by atoms with Gasteiger partial charge in [-0.15, -0.1) is 0 Å². The summed E-state index contributed by atoms with van der Waals surface area (Å²) in [5, 5.41) is 16.6. The maximum atomic E-state index is 12.9. The van der Waals surface area contributed by atoms with Gasteiger partial charge in [-0.05, 0) is 25.0 Å². The number of hydrogen-bond donors (Lipinski definition) is 2. The standard InChI is InChI=1S/C18H19F3N6O3S/c19-18(20,21)31(29,30)26-10-7-17(6-9-22,8-11-26)27-12-14(15(23)28)16(25-27)24-13-4-2-1-3-5-13/h1-5,12H,6-8,10-11H2,(H2,23,28)(H,24,25). The highest BCUT2D eigenvalue weighted by Crippen LogP contribution is 2.38. The highest BCUT2D eigenvalue weighted by molar-refractivity contribution is 7.90. The van der Waals surface area contributed by atoms with E-state index in [9.17, 15) is 31.6 Å². The molecule has 3 N–H and O–H groups in total. The molecule has 1 aliphatic heterocycles. The Balaban J connectivity index is 1.93. The number of nitriles is 1. The van der Waals surface area contributed by atoms with Crippen LogP contribution in [0.3, 0.4) is 0 Å². The van der Waals surface area contributed by atoms with Gasteiger partial charge < -0.3 is 11.1 Å². The lowest BCUT2D eigenvalue weighted by Gasteiger charge is -2.40. The van der Waals surface area contributed by atoms with E-state index in [-0.39, 0.29) is 30.6 Å². The van der Waals surface area contributed by atoms with Crippen LogP contribution >= 0.6 is 0 Å². The summed E-state index contributed by atoms with van der Waals surface area (Å²) in [6.07, 6.45) is 0.998. The molecule has 0 unspecified atom stereocenters. The second kappa shape index (κ2) is 8.20. The van der Waals surface area contributed by atoms with Gasteiger partial charge in [-0.25, -0.2) is 8.42 Å². The Labute approximate surface area is 176 Å². The summed E-state index contributed by atoms with van der Waals surface area (Å²) in [5.74, 6) is -0.657. The second-order valence-corrected chi connectivity index (χ2v) is 9.03. The lowest BCUT2D eigenvalue weighted by Crippen LogP contribution is -2.51. The van der Waals surface area contributed by atoms with E-state index >= 15 is 0 Å². The average Bonchev–Trinajstić information content (AvgIpc) is 3.13. The lowest BCUT2D eigenvalue weighted by atomic mass is 9.86. The number of alkyl halides is 3. The maximum Gasteiger partial charge on any atom is 0.511 e. The molecule has 1 fully saturated rings. The maximum absolute atomic E-state index is 12.9. The van der Waals surface area contributed by atoms with Crippen LogP contribution in [0, 0.1) is 11.3 Å². The molecule has 0 bridgehead atoms. The monoisotopic (exact) mass is 456 g/mol. The minimum absolute atomic E-state index is 0.0338. The third-order valence-electron chi connectivity index (χ3n) is 5.20. The van der Waals surface area contributed by atoms with Crippen molar-refractivity contribution in [2.45, 2.75) is 30.3 Å². The Morgan fingerprint density at radius 1 is 1.26 bits per heavy atom. The number of carbonyl (C=O) groups is 1. The molecule has 2 aromatic rings. The molecule has 166 valence electrons. The van der Waals surface area contributed by atoms with Crippen LogP contribution in [-0.2, 0) is 15.6 Å². The van der Waals surface area contributed by atoms with Crippen LogP contribution < -0.4 is 11.1 Å². The third-order valence-corrected chi connectivity index (χ3v) is 6.83. The van der Waals surface area contributed by atoms with Gasteiger partial charge in [0.1, 0.15) is 5.56 Å². The van der Waals surface area contributed by atoms with Crippen LogP contribution in [0.5, 0.6) is 0 Å². The summed E-state index contributed by atoms with van der Waals surface area (Å²) >= 11 is 0. The smallest absolute Gasteiger partial charge is 0.365 e. The van der Waals surface area contributed by atoms with Gasteiger partial charge in [-0.2, -0.15) is 27.8 Å². The molecular formula is C18H19F3N6O3S. The fourth-order valence-electron chi connectivity index (χ4n) is 3.47. The van der Waals surface area contributed by atoms with Crippen molar-refractivity contribution in [1.29, 1.82) is 5.26 Å². The number of halogens is 3. The highest BCUT2D eigenvalue weighted by atomic mass is 32.2. The van der Waals surface area contributed by atoms with Gasteiger partial charge in [0.2, 0.25) is 0 Å². The average molecular weight is 456 g/mol. The number of anilines is 2. The zero-order valence-electron chi connectivity index (χ0n) is 16.1. The van der Waals surface area contributed by atoms with Crippen LogP contribution in [0.4, 0.5) is 24.7 Å². The number of primary amides is 1. The molecule has 0 aliphatic carbocycles. The zero-order valence-corrected chi connectivity index (χ0v) is 16.9. The van der Waals surface area contributed by atoms with E-state index in [2.05, 4.69) is 10.4 Å². The molecule has 1 saturated heterocycles. The fourth-order valence-corrected chi connectivity index (χ4v) is 4.43. The van der Waals surface area contributed by atoms with Crippen LogP contribution in [0.2, 0.25) is 0 Å². The fraction of sp³-hybridized carbons (Fsp3) is 0.389. The summed E-state index contributed by atoms with van der Waals surface area (Å²) < 4.78 is 63.7. The van der Waals surface area contributed by atoms with Crippen LogP contribution in [0.15, 0.2) is 36.5 Å². The Hall–Kier alpha value is -3.11. The van der Waals surface area contributed by atoms with Crippen LogP contribution in [0.25, 0.3) is 0 Å². The first-order chi connectivity index (χ1) is 14.5. The SMILES string of the molecule is N#CCC1(n2cc(C(N)=O)c(Nc3ccccc3)n2)CCN(S(=O)(=O)C(F)(F)F)CC1. The Bertz CT molecular complexity index is 1100. The Kier molecular flexibility index (Phi) is 5.97. The Morgan fingerprint density at radius 2 is 1.87 bits per heavy atom. The third kappa shape index (κ3) is 4.35. The first-order valence-corrected chi connectivity index (χ1v) is 10.6. The van der Waals surface area contributed by atoms with E-state index < -0.39 is 40.1 Å². The summed E-state index contributed by atoms with van der Waals surface area (Å²) in [7, 11) is -5.47. The minimum Gasteiger partial charge on any atom is -0.365 e. The Morgan fingerprint density at radius 3 is 2.39 bits per heavy atom. The van der Waals surface area contributed by atoms with Gasteiger partial charge in [-0.3, -0.25) is 9.48 Å². The summed E-state index contributed by atoms with van der Waals surface area (Å²) in [6.45, 7) is -0.895. The number of sulfonamides is 1. The summed E-state index contributed by atoms with van der Waals surface area (Å²) in [5.41, 5.74) is -0.393. The van der Waals surface area contributed by atoms with Crippen molar-refractivity contribution >= 4 is 27.4 Å². The van der Waals surface area contributed by atoms with Gasteiger partial charge in [0.05, 0.1) is 18.0 Å². The first kappa shape index (κ1) is 22.6. The number of piperidine rings is 1. The molecular weight excluding hydrogens is 437 g/mol. The number of para-hydroxylation sites is 1. The number of nitrogens with zero attached hydrogens (tertiary/aromatic N) is 4. The van der Waals surface area contributed by atoms with Crippen molar-refractivity contribution in [2.75, 3.05) is 18.4 Å². The molecule has 1 aromatic heterocycles. The lowest BCUT2D eigenvalue weighted by molar-refractivity contribution is -0.0504. The number of hydrogen-bond acceptors (Lipinski definition) is 6. The molecule has 3 rings (SSSR count). The molecule has 0 saturated carbocycles. The zero-order chi connectivity index (χ0) is 22.9. The van der Waals surface area contributed by atoms with Gasteiger partial charge in [-0.1, -0.05) is 18.2 Å². The molecule has 1 amide bonds. The van der Waals surface area contributed by atoms with E-state index in [0.29, 0.717) is 9.99 Å². The van der Waals surface area contributed by atoms with Crippen LogP contribution in [0.1, 0.15) is 29.6 Å². The number of benzene rings is 1. The highest BCUT2D eigenvalue weighted by Gasteiger charge is 2.52. The topological polar surface area (TPSA) is 134 Å². The van der Waals surface area contributed by atoms with Crippen molar-refractivity contribution in [3.63, 3.8) is 0 Å². The van der Waals surface area contributed by atoms with Crippen LogP contribution in [-0.4, -0.2) is 47.0 Å². The van der Waals surface area contributed by atoms with Crippen molar-refractivity contribution in [1.82, 2.24) is 14.1 Å². The number of amides is 1. The van der Waals surface area contributed by atoms with Gasteiger partial charge in [0, 0.05) is 25.0 Å². The molecule has 0 radical (unpaired) electrons. The van der Waals surface area contributed by atoms with E-state index in [1.165, 1.54) is 10.9 Å².